The van der Waals surface area contributed by atoms with Gasteiger partial charge in [-0.1, -0.05) is 30.6 Å². The van der Waals surface area contributed by atoms with Crippen LogP contribution >= 0.6 is 0 Å². The first-order valence-corrected chi connectivity index (χ1v) is 6.81. The van der Waals surface area contributed by atoms with Gasteiger partial charge in [0.15, 0.2) is 5.82 Å². The van der Waals surface area contributed by atoms with Crippen molar-refractivity contribution in [3.63, 3.8) is 0 Å². The number of aromatic nitrogens is 2. The first kappa shape index (κ1) is 14.7. The van der Waals surface area contributed by atoms with Gasteiger partial charge in [0.1, 0.15) is 5.82 Å². The van der Waals surface area contributed by atoms with E-state index in [4.69, 9.17) is 10.3 Å². The van der Waals surface area contributed by atoms with E-state index in [1.54, 1.807) is 12.1 Å². The lowest BCUT2D eigenvalue weighted by Crippen LogP contribution is -2.21. The molecule has 2 rings (SSSR count). The van der Waals surface area contributed by atoms with Crippen LogP contribution in [0.2, 0.25) is 0 Å². The number of rotatable bonds is 5. The van der Waals surface area contributed by atoms with E-state index >= 15 is 0 Å². The van der Waals surface area contributed by atoms with E-state index in [2.05, 4.69) is 17.1 Å². The van der Waals surface area contributed by atoms with Crippen LogP contribution in [0.3, 0.4) is 0 Å². The molecule has 0 amide bonds. The summed E-state index contributed by atoms with van der Waals surface area (Å²) < 4.78 is 18.3. The van der Waals surface area contributed by atoms with Gasteiger partial charge in [0.2, 0.25) is 5.89 Å². The third-order valence-corrected chi connectivity index (χ3v) is 3.48. The molecular formula is C15H20FN3O. The van der Waals surface area contributed by atoms with Crippen molar-refractivity contribution >= 4 is 0 Å². The minimum atomic E-state index is -0.457. The Morgan fingerprint density at radius 1 is 1.30 bits per heavy atom. The number of nitrogens with zero attached hydrogens (tertiary/aromatic N) is 2. The van der Waals surface area contributed by atoms with E-state index in [0.717, 1.165) is 18.4 Å². The highest BCUT2D eigenvalue weighted by Crippen LogP contribution is 2.30. The topological polar surface area (TPSA) is 64.9 Å². The average Bonchev–Trinajstić information content (AvgIpc) is 2.90. The van der Waals surface area contributed by atoms with E-state index in [0.29, 0.717) is 11.7 Å². The fourth-order valence-electron chi connectivity index (χ4n) is 2.07. The Balaban J connectivity index is 2.27. The summed E-state index contributed by atoms with van der Waals surface area (Å²) in [4.78, 5) is 4.40. The van der Waals surface area contributed by atoms with Gasteiger partial charge in [-0.3, -0.25) is 0 Å². The first-order valence-electron chi connectivity index (χ1n) is 6.81. The largest absolute Gasteiger partial charge is 0.338 e. The van der Waals surface area contributed by atoms with E-state index in [1.165, 1.54) is 12.1 Å². The molecule has 4 nitrogen and oxygen atoms in total. The molecule has 0 spiro atoms. The molecule has 1 aromatic heterocycles. The van der Waals surface area contributed by atoms with Gasteiger partial charge in [0.05, 0.1) is 11.5 Å². The van der Waals surface area contributed by atoms with Crippen molar-refractivity contribution in [1.82, 2.24) is 10.1 Å². The third-order valence-electron chi connectivity index (χ3n) is 3.48. The SMILES string of the molecule is CCC[C@H](N)c1nc(C(C)(C)c2ccc(F)cc2)no1. The standard InChI is InChI=1S/C15H20FN3O/c1-4-5-12(17)13-18-14(19-20-13)15(2,3)10-6-8-11(16)9-7-10/h6-9,12H,4-5,17H2,1-3H3/t12-/m0/s1. The van der Waals surface area contributed by atoms with Crippen LogP contribution in [0.1, 0.15) is 56.9 Å². The summed E-state index contributed by atoms with van der Waals surface area (Å²) in [7, 11) is 0. The predicted octanol–water partition coefficient (Wildman–Crippen LogP) is 3.33. The highest BCUT2D eigenvalue weighted by molar-refractivity contribution is 5.30. The number of hydrogen-bond acceptors (Lipinski definition) is 4. The number of halogens is 1. The maximum Gasteiger partial charge on any atom is 0.243 e. The molecule has 0 saturated heterocycles. The predicted molar refractivity (Wildman–Crippen MR) is 74.7 cm³/mol. The Morgan fingerprint density at radius 3 is 2.55 bits per heavy atom. The van der Waals surface area contributed by atoms with E-state index in [-0.39, 0.29) is 11.9 Å². The molecule has 2 aromatic rings. The van der Waals surface area contributed by atoms with Crippen LogP contribution in [0, 0.1) is 5.82 Å². The summed E-state index contributed by atoms with van der Waals surface area (Å²) >= 11 is 0. The number of benzene rings is 1. The second kappa shape index (κ2) is 5.71. The van der Waals surface area contributed by atoms with Crippen LogP contribution < -0.4 is 5.73 Å². The molecule has 5 heteroatoms. The smallest absolute Gasteiger partial charge is 0.243 e. The Labute approximate surface area is 118 Å². The summed E-state index contributed by atoms with van der Waals surface area (Å²) in [6, 6.07) is 6.10. The fourth-order valence-corrected chi connectivity index (χ4v) is 2.07. The van der Waals surface area contributed by atoms with Crippen molar-refractivity contribution in [2.75, 3.05) is 0 Å². The van der Waals surface area contributed by atoms with Gasteiger partial charge in [-0.15, -0.1) is 0 Å². The summed E-state index contributed by atoms with van der Waals surface area (Å²) in [5.74, 6) is 0.756. The third kappa shape index (κ3) is 2.88. The molecule has 108 valence electrons. The zero-order valence-corrected chi connectivity index (χ0v) is 12.1. The van der Waals surface area contributed by atoms with Crippen LogP contribution in [0.4, 0.5) is 4.39 Å². The van der Waals surface area contributed by atoms with Crippen molar-refractivity contribution in [3.05, 3.63) is 47.4 Å². The molecule has 20 heavy (non-hydrogen) atoms. The van der Waals surface area contributed by atoms with E-state index < -0.39 is 5.41 Å². The molecular weight excluding hydrogens is 257 g/mol. The summed E-state index contributed by atoms with van der Waals surface area (Å²) in [5, 5.41) is 4.03. The van der Waals surface area contributed by atoms with Gasteiger partial charge in [-0.05, 0) is 38.0 Å². The van der Waals surface area contributed by atoms with Crippen LogP contribution in [-0.4, -0.2) is 10.1 Å². The van der Waals surface area contributed by atoms with E-state index in [9.17, 15) is 4.39 Å². The molecule has 0 aliphatic rings. The summed E-state index contributed by atoms with van der Waals surface area (Å²) in [6.45, 7) is 6.00. The minimum absolute atomic E-state index is 0.231. The monoisotopic (exact) mass is 277 g/mol. The molecule has 0 bridgehead atoms. The molecule has 0 unspecified atom stereocenters. The number of nitrogens with two attached hydrogens (primary N) is 1. The zero-order chi connectivity index (χ0) is 14.8. The van der Waals surface area contributed by atoms with Crippen molar-refractivity contribution in [2.24, 2.45) is 5.73 Å². The Hall–Kier alpha value is -1.75. The summed E-state index contributed by atoms with van der Waals surface area (Å²) in [5.41, 5.74) is 6.44. The Morgan fingerprint density at radius 2 is 1.95 bits per heavy atom. The van der Waals surface area contributed by atoms with Crippen LogP contribution in [-0.2, 0) is 5.41 Å². The lowest BCUT2D eigenvalue weighted by molar-refractivity contribution is 0.340. The molecule has 0 saturated carbocycles. The molecule has 0 fully saturated rings. The molecule has 0 radical (unpaired) electrons. The maximum absolute atomic E-state index is 13.0. The number of hydrogen-bond donors (Lipinski definition) is 1. The molecule has 1 heterocycles. The van der Waals surface area contributed by atoms with Crippen LogP contribution in [0.5, 0.6) is 0 Å². The van der Waals surface area contributed by atoms with Gasteiger partial charge in [-0.25, -0.2) is 4.39 Å². The van der Waals surface area contributed by atoms with Gasteiger partial charge < -0.3 is 10.3 Å². The molecule has 2 N–H and O–H groups in total. The molecule has 0 aliphatic carbocycles. The molecule has 1 aromatic carbocycles. The highest BCUT2D eigenvalue weighted by Gasteiger charge is 2.29. The normalized spacial score (nSPS) is 13.4. The molecule has 0 aliphatic heterocycles. The van der Waals surface area contributed by atoms with Crippen molar-refractivity contribution in [1.29, 1.82) is 0 Å². The van der Waals surface area contributed by atoms with Crippen LogP contribution in [0.25, 0.3) is 0 Å². The van der Waals surface area contributed by atoms with Crippen LogP contribution in [0.15, 0.2) is 28.8 Å². The first-order chi connectivity index (χ1) is 9.45. The zero-order valence-electron chi connectivity index (χ0n) is 12.1. The van der Waals surface area contributed by atoms with Gasteiger partial charge >= 0.3 is 0 Å². The fraction of sp³-hybridized carbons (Fsp3) is 0.467. The Bertz CT molecular complexity index is 563. The van der Waals surface area contributed by atoms with Gasteiger partial charge in [-0.2, -0.15) is 4.98 Å². The lowest BCUT2D eigenvalue weighted by atomic mass is 9.84. The van der Waals surface area contributed by atoms with Crippen molar-refractivity contribution in [2.45, 2.75) is 45.1 Å². The molecule has 1 atom stereocenters. The van der Waals surface area contributed by atoms with E-state index in [1.807, 2.05) is 13.8 Å². The highest BCUT2D eigenvalue weighted by atomic mass is 19.1. The van der Waals surface area contributed by atoms with Crippen molar-refractivity contribution < 1.29 is 8.91 Å². The second-order valence-electron chi connectivity index (χ2n) is 5.48. The second-order valence-corrected chi connectivity index (χ2v) is 5.48. The van der Waals surface area contributed by atoms with Crippen molar-refractivity contribution in [3.8, 4) is 0 Å². The Kier molecular flexibility index (Phi) is 4.18. The summed E-state index contributed by atoms with van der Waals surface area (Å²) in [6.07, 6.45) is 1.76. The minimum Gasteiger partial charge on any atom is -0.338 e. The average molecular weight is 277 g/mol. The quantitative estimate of drug-likeness (QED) is 0.910. The maximum atomic E-state index is 13.0. The van der Waals surface area contributed by atoms with Gasteiger partial charge in [0.25, 0.3) is 0 Å². The van der Waals surface area contributed by atoms with Gasteiger partial charge in [0, 0.05) is 0 Å². The lowest BCUT2D eigenvalue weighted by Gasteiger charge is -2.20.